The minimum Gasteiger partial charge on any atom is -0.462 e. The molecule has 3 unspecified atom stereocenters. The van der Waals surface area contributed by atoms with E-state index in [1.807, 2.05) is 0 Å². The fourth-order valence-electron chi connectivity index (χ4n) is 9.37. The standard InChI is InChI=1S/C63H122O17P2/c1-6-10-13-16-19-22-24-25-27-29-32-38-43-48-62(67)79-58(52-74-61(66)47-42-37-31-28-26-23-20-17-14-11-7-2)54-77-81(69,70)75-50-57(64)51-76-82(71,72)78-55-59(53-73-60(65)46-41-36-30-21-18-15-12-8-3)80-63(68)49-44-39-34-33-35-40-45-56(5)9-4/h56-59,64H,6-55H2,1-5H3,(H,69,70)(H,71,72)/t56?,57-,58-,59-/m1/s1. The number of aliphatic hydroxyl groups excluding tert-OH is 1. The smallest absolute Gasteiger partial charge is 0.462 e. The first kappa shape index (κ1) is 80.1. The van der Waals surface area contributed by atoms with Crippen molar-refractivity contribution in [3.8, 4) is 0 Å². The molecule has 6 atom stereocenters. The Kier molecular flexibility index (Phi) is 55.5. The van der Waals surface area contributed by atoms with Crippen molar-refractivity contribution in [1.82, 2.24) is 0 Å². The van der Waals surface area contributed by atoms with Crippen molar-refractivity contribution in [3.05, 3.63) is 0 Å². The molecule has 0 saturated carbocycles. The van der Waals surface area contributed by atoms with Crippen LogP contribution in [0, 0.1) is 5.92 Å². The van der Waals surface area contributed by atoms with Crippen molar-refractivity contribution in [1.29, 1.82) is 0 Å². The van der Waals surface area contributed by atoms with Crippen LogP contribution in [0.25, 0.3) is 0 Å². The van der Waals surface area contributed by atoms with Crippen LogP contribution in [0.5, 0.6) is 0 Å². The molecule has 0 rings (SSSR count). The third-order valence-corrected chi connectivity index (χ3v) is 16.8. The Bertz CT molecular complexity index is 1600. The van der Waals surface area contributed by atoms with Crippen molar-refractivity contribution in [2.24, 2.45) is 5.92 Å². The molecule has 0 amide bonds. The Balaban J connectivity index is 5.23. The average molecular weight is 1210 g/mol. The largest absolute Gasteiger partial charge is 0.472 e. The summed E-state index contributed by atoms with van der Waals surface area (Å²) >= 11 is 0. The minimum absolute atomic E-state index is 0.103. The maximum atomic E-state index is 13.0. The summed E-state index contributed by atoms with van der Waals surface area (Å²) < 4.78 is 67.9. The van der Waals surface area contributed by atoms with Crippen LogP contribution in [-0.4, -0.2) is 96.7 Å². The number of rotatable bonds is 63. The number of aliphatic hydroxyl groups is 1. The fourth-order valence-corrected chi connectivity index (χ4v) is 11.0. The minimum atomic E-state index is -4.94. The second kappa shape index (κ2) is 56.8. The summed E-state index contributed by atoms with van der Waals surface area (Å²) in [6.07, 6.45) is 40.3. The molecule has 0 aliphatic heterocycles. The molecule has 3 N–H and O–H groups in total. The van der Waals surface area contributed by atoms with Gasteiger partial charge in [0.1, 0.15) is 19.3 Å². The first-order chi connectivity index (χ1) is 39.6. The van der Waals surface area contributed by atoms with Crippen molar-refractivity contribution in [3.63, 3.8) is 0 Å². The van der Waals surface area contributed by atoms with E-state index in [-0.39, 0.29) is 25.7 Å². The Morgan fingerprint density at radius 1 is 0.341 bits per heavy atom. The Hall–Kier alpha value is -1.94. The molecular formula is C63H122O17P2. The number of phosphoric ester groups is 2. The molecule has 0 saturated heterocycles. The summed E-state index contributed by atoms with van der Waals surface area (Å²) in [4.78, 5) is 72.1. The van der Waals surface area contributed by atoms with E-state index in [4.69, 9.17) is 37.0 Å². The molecule has 0 fully saturated rings. The van der Waals surface area contributed by atoms with Gasteiger partial charge in [-0.1, -0.05) is 266 Å². The van der Waals surface area contributed by atoms with E-state index in [0.717, 1.165) is 102 Å². The maximum absolute atomic E-state index is 13.0. The number of esters is 4. The summed E-state index contributed by atoms with van der Waals surface area (Å²) in [6, 6.07) is 0. The van der Waals surface area contributed by atoms with Crippen LogP contribution < -0.4 is 0 Å². The summed E-state index contributed by atoms with van der Waals surface area (Å²) in [6.45, 7) is 7.11. The maximum Gasteiger partial charge on any atom is 0.472 e. The lowest BCUT2D eigenvalue weighted by Gasteiger charge is -2.21. The van der Waals surface area contributed by atoms with Gasteiger partial charge in [-0.25, -0.2) is 9.13 Å². The molecule has 0 aromatic rings. The number of carbonyl (C=O) groups excluding carboxylic acids is 4. The van der Waals surface area contributed by atoms with Gasteiger partial charge in [-0.05, 0) is 31.6 Å². The fraction of sp³-hybridized carbons (Fsp3) is 0.937. The zero-order chi connectivity index (χ0) is 60.6. The molecule has 19 heteroatoms. The first-order valence-corrected chi connectivity index (χ1v) is 36.2. The topological polar surface area (TPSA) is 237 Å². The highest BCUT2D eigenvalue weighted by Gasteiger charge is 2.30. The van der Waals surface area contributed by atoms with Crippen molar-refractivity contribution < 1.29 is 80.2 Å². The van der Waals surface area contributed by atoms with Crippen LogP contribution >= 0.6 is 15.6 Å². The lowest BCUT2D eigenvalue weighted by atomic mass is 10.00. The monoisotopic (exact) mass is 1210 g/mol. The van der Waals surface area contributed by atoms with Crippen molar-refractivity contribution in [2.75, 3.05) is 39.6 Å². The molecule has 0 aliphatic carbocycles. The number of phosphoric acid groups is 2. The zero-order valence-corrected chi connectivity index (χ0v) is 54.4. The predicted molar refractivity (Wildman–Crippen MR) is 326 cm³/mol. The van der Waals surface area contributed by atoms with Gasteiger partial charge >= 0.3 is 39.5 Å². The van der Waals surface area contributed by atoms with Gasteiger partial charge in [0, 0.05) is 25.7 Å². The van der Waals surface area contributed by atoms with Crippen LogP contribution in [0.3, 0.4) is 0 Å². The van der Waals surface area contributed by atoms with Crippen LogP contribution in [0.2, 0.25) is 0 Å². The number of unbranched alkanes of at least 4 members (excludes halogenated alkanes) is 34. The summed E-state index contributed by atoms with van der Waals surface area (Å²) in [5, 5.41) is 10.5. The summed E-state index contributed by atoms with van der Waals surface area (Å²) in [5.41, 5.74) is 0. The van der Waals surface area contributed by atoms with E-state index in [0.29, 0.717) is 25.7 Å². The number of hydrogen-bond donors (Lipinski definition) is 3. The van der Waals surface area contributed by atoms with E-state index >= 15 is 0 Å². The normalized spacial score (nSPS) is 14.6. The predicted octanol–water partition coefficient (Wildman–Crippen LogP) is 17.4. The van der Waals surface area contributed by atoms with Crippen molar-refractivity contribution in [2.45, 2.75) is 335 Å². The molecule has 486 valence electrons. The van der Waals surface area contributed by atoms with Gasteiger partial charge in [0.05, 0.1) is 26.4 Å². The van der Waals surface area contributed by atoms with Crippen LogP contribution in [-0.2, 0) is 65.4 Å². The Morgan fingerprint density at radius 2 is 0.585 bits per heavy atom. The highest BCUT2D eigenvalue weighted by Crippen LogP contribution is 2.45. The Labute approximate surface area is 498 Å². The SMILES string of the molecule is CCCCCCCCCCCCCCCC(=O)O[C@H](COC(=O)CCCCCCCCCCCCC)COP(=O)(O)OC[C@@H](O)COP(=O)(O)OC[C@@H](COC(=O)CCCCCCCCCC)OC(=O)CCCCCCCCC(C)CC. The number of hydrogen-bond acceptors (Lipinski definition) is 15. The lowest BCUT2D eigenvalue weighted by molar-refractivity contribution is -0.161. The summed E-state index contributed by atoms with van der Waals surface area (Å²) in [7, 11) is -9.88. The Morgan fingerprint density at radius 3 is 0.866 bits per heavy atom. The van der Waals surface area contributed by atoms with Crippen LogP contribution in [0.1, 0.15) is 317 Å². The third-order valence-electron chi connectivity index (χ3n) is 14.9. The molecule has 0 radical (unpaired) electrons. The van der Waals surface area contributed by atoms with Gasteiger partial charge in [0.2, 0.25) is 0 Å². The second-order valence-corrected chi connectivity index (χ2v) is 25.9. The average Bonchev–Trinajstić information content (AvgIpc) is 3.47. The highest BCUT2D eigenvalue weighted by atomic mass is 31.2. The molecule has 0 aromatic heterocycles. The van der Waals surface area contributed by atoms with E-state index in [2.05, 4.69) is 34.6 Å². The molecular weight excluding hydrogens is 1090 g/mol. The molecule has 82 heavy (non-hydrogen) atoms. The molecule has 0 aromatic carbocycles. The van der Waals surface area contributed by atoms with Gasteiger partial charge in [0.15, 0.2) is 12.2 Å². The highest BCUT2D eigenvalue weighted by molar-refractivity contribution is 7.47. The van der Waals surface area contributed by atoms with Gasteiger partial charge in [-0.3, -0.25) is 37.3 Å². The van der Waals surface area contributed by atoms with Gasteiger partial charge in [-0.15, -0.1) is 0 Å². The van der Waals surface area contributed by atoms with Crippen LogP contribution in [0.15, 0.2) is 0 Å². The van der Waals surface area contributed by atoms with E-state index in [1.54, 1.807) is 0 Å². The van der Waals surface area contributed by atoms with Gasteiger partial charge < -0.3 is 33.8 Å². The van der Waals surface area contributed by atoms with Gasteiger partial charge in [0.25, 0.3) is 0 Å². The van der Waals surface area contributed by atoms with E-state index in [1.165, 1.54) is 135 Å². The molecule has 0 spiro atoms. The zero-order valence-electron chi connectivity index (χ0n) is 52.6. The lowest BCUT2D eigenvalue weighted by Crippen LogP contribution is -2.30. The number of ether oxygens (including phenoxy) is 4. The quantitative estimate of drug-likeness (QED) is 0.0222. The first-order valence-electron chi connectivity index (χ1n) is 33.2. The third kappa shape index (κ3) is 55.9. The second-order valence-electron chi connectivity index (χ2n) is 23.0. The van der Waals surface area contributed by atoms with E-state index < -0.39 is 97.5 Å². The van der Waals surface area contributed by atoms with Gasteiger partial charge in [-0.2, -0.15) is 0 Å². The molecule has 17 nitrogen and oxygen atoms in total. The van der Waals surface area contributed by atoms with Crippen LogP contribution in [0.4, 0.5) is 0 Å². The molecule has 0 heterocycles. The summed E-state index contributed by atoms with van der Waals surface area (Å²) in [5.74, 6) is -1.42. The van der Waals surface area contributed by atoms with Crippen molar-refractivity contribution >= 4 is 39.5 Å². The number of carbonyl (C=O) groups is 4. The van der Waals surface area contributed by atoms with E-state index in [9.17, 15) is 43.2 Å². The molecule has 0 aliphatic rings. The molecule has 0 bridgehead atoms.